The number of carbonyl (C=O) groups excluding carboxylic acids is 1. The van der Waals surface area contributed by atoms with E-state index in [0.29, 0.717) is 5.69 Å². The Kier molecular flexibility index (Phi) is 5.97. The smallest absolute Gasteiger partial charge is 0.264 e. The molecule has 4 rings (SSSR count). The first-order chi connectivity index (χ1) is 15.4. The average molecular weight is 445 g/mol. The highest BCUT2D eigenvalue weighted by atomic mass is 32.2. The summed E-state index contributed by atoms with van der Waals surface area (Å²) >= 11 is 0. The van der Waals surface area contributed by atoms with E-state index >= 15 is 0 Å². The van der Waals surface area contributed by atoms with E-state index in [-0.39, 0.29) is 16.5 Å². The molecule has 162 valence electrons. The van der Waals surface area contributed by atoms with Gasteiger partial charge in [-0.25, -0.2) is 8.42 Å². The second kappa shape index (κ2) is 8.85. The number of nitrogens with one attached hydrogen (secondary N) is 1. The van der Waals surface area contributed by atoms with Gasteiger partial charge in [-0.3, -0.25) is 9.10 Å². The van der Waals surface area contributed by atoms with Gasteiger partial charge in [-0.1, -0.05) is 66.7 Å². The Balaban J connectivity index is 1.62. The van der Waals surface area contributed by atoms with Gasteiger partial charge in [-0.15, -0.1) is 0 Å². The molecule has 6 heteroatoms. The summed E-state index contributed by atoms with van der Waals surface area (Å²) in [6.07, 6.45) is 0. The van der Waals surface area contributed by atoms with E-state index in [4.69, 9.17) is 0 Å². The summed E-state index contributed by atoms with van der Waals surface area (Å²) in [6.45, 7) is 1.88. The summed E-state index contributed by atoms with van der Waals surface area (Å²) < 4.78 is 27.8. The lowest BCUT2D eigenvalue weighted by molar-refractivity contribution is 0.0936. The molecular formula is C26H24N2O3S. The van der Waals surface area contributed by atoms with Crippen molar-refractivity contribution in [2.75, 3.05) is 11.4 Å². The van der Waals surface area contributed by atoms with Crippen LogP contribution in [0.1, 0.15) is 28.9 Å². The van der Waals surface area contributed by atoms with E-state index in [9.17, 15) is 13.2 Å². The highest BCUT2D eigenvalue weighted by Crippen LogP contribution is 2.25. The minimum absolute atomic E-state index is 0.0328. The van der Waals surface area contributed by atoms with Gasteiger partial charge < -0.3 is 5.32 Å². The van der Waals surface area contributed by atoms with Gasteiger partial charge in [0.25, 0.3) is 15.9 Å². The third kappa shape index (κ3) is 4.22. The first-order valence-electron chi connectivity index (χ1n) is 10.3. The van der Waals surface area contributed by atoms with Crippen molar-refractivity contribution in [3.8, 4) is 0 Å². The molecule has 0 aliphatic rings. The molecule has 0 aromatic heterocycles. The van der Waals surface area contributed by atoms with Gasteiger partial charge in [0.2, 0.25) is 0 Å². The first kappa shape index (κ1) is 21.6. The predicted molar refractivity (Wildman–Crippen MR) is 128 cm³/mol. The fourth-order valence-electron chi connectivity index (χ4n) is 3.64. The summed E-state index contributed by atoms with van der Waals surface area (Å²) in [5.74, 6) is -0.439. The standard InChI is InChI=1S/C26H24N2O3S/c1-19(21-17-16-20-10-6-7-11-22(20)18-21)27-26(29)24-14-8-9-15-25(24)32(30,31)28(2)23-12-4-3-5-13-23/h3-19H,1-2H3,(H,27,29). The maximum Gasteiger partial charge on any atom is 0.264 e. The van der Waals surface area contributed by atoms with Crippen molar-refractivity contribution in [3.63, 3.8) is 0 Å². The summed E-state index contributed by atoms with van der Waals surface area (Å²) in [6, 6.07) is 28.8. The highest BCUT2D eigenvalue weighted by Gasteiger charge is 2.27. The van der Waals surface area contributed by atoms with Gasteiger partial charge in [0.15, 0.2) is 0 Å². The molecule has 0 saturated carbocycles. The molecule has 0 radical (unpaired) electrons. The third-order valence-electron chi connectivity index (χ3n) is 5.51. The molecule has 0 spiro atoms. The Morgan fingerprint density at radius 2 is 1.44 bits per heavy atom. The van der Waals surface area contributed by atoms with E-state index in [1.165, 1.54) is 23.5 Å². The van der Waals surface area contributed by atoms with Gasteiger partial charge in [-0.2, -0.15) is 0 Å². The number of rotatable bonds is 6. The van der Waals surface area contributed by atoms with Crippen LogP contribution in [0, 0.1) is 0 Å². The largest absolute Gasteiger partial charge is 0.345 e. The van der Waals surface area contributed by atoms with Crippen LogP contribution in [0.2, 0.25) is 0 Å². The zero-order valence-electron chi connectivity index (χ0n) is 17.9. The van der Waals surface area contributed by atoms with Crippen molar-refractivity contribution in [1.29, 1.82) is 0 Å². The van der Waals surface area contributed by atoms with Gasteiger partial charge in [-0.05, 0) is 53.6 Å². The number of carbonyl (C=O) groups is 1. The Bertz CT molecular complexity index is 1370. The summed E-state index contributed by atoms with van der Waals surface area (Å²) in [7, 11) is -2.44. The number of benzene rings is 4. The molecule has 4 aromatic carbocycles. The van der Waals surface area contributed by atoms with Crippen molar-refractivity contribution in [2.24, 2.45) is 0 Å². The molecule has 1 amide bonds. The molecule has 0 aliphatic heterocycles. The molecule has 4 aromatic rings. The Morgan fingerprint density at radius 1 is 0.812 bits per heavy atom. The molecule has 0 fully saturated rings. The fourth-order valence-corrected chi connectivity index (χ4v) is 5.02. The molecule has 32 heavy (non-hydrogen) atoms. The van der Waals surface area contributed by atoms with E-state index in [0.717, 1.165) is 16.3 Å². The van der Waals surface area contributed by atoms with Crippen LogP contribution in [0.3, 0.4) is 0 Å². The Morgan fingerprint density at radius 3 is 2.19 bits per heavy atom. The van der Waals surface area contributed by atoms with Crippen molar-refractivity contribution in [3.05, 3.63) is 108 Å². The minimum atomic E-state index is -3.92. The van der Waals surface area contributed by atoms with Crippen molar-refractivity contribution >= 4 is 32.4 Å². The van der Waals surface area contributed by atoms with Crippen molar-refractivity contribution < 1.29 is 13.2 Å². The molecule has 0 heterocycles. The van der Waals surface area contributed by atoms with Gasteiger partial charge in [0.05, 0.1) is 17.3 Å². The van der Waals surface area contributed by atoms with Crippen LogP contribution in [0.4, 0.5) is 5.69 Å². The third-order valence-corrected chi connectivity index (χ3v) is 7.35. The second-order valence-electron chi connectivity index (χ2n) is 7.61. The lowest BCUT2D eigenvalue weighted by Crippen LogP contribution is -2.31. The van der Waals surface area contributed by atoms with Crippen LogP contribution in [0.5, 0.6) is 0 Å². The number of hydrogen-bond donors (Lipinski definition) is 1. The Hall–Kier alpha value is -3.64. The van der Waals surface area contributed by atoms with Gasteiger partial charge in [0, 0.05) is 7.05 Å². The normalized spacial score (nSPS) is 12.3. The lowest BCUT2D eigenvalue weighted by atomic mass is 10.0. The van der Waals surface area contributed by atoms with Crippen LogP contribution in [0.25, 0.3) is 10.8 Å². The molecule has 1 unspecified atom stereocenters. The van der Waals surface area contributed by atoms with Crippen LogP contribution in [-0.4, -0.2) is 21.4 Å². The van der Waals surface area contributed by atoms with Crippen LogP contribution in [0.15, 0.2) is 102 Å². The maximum atomic E-state index is 13.3. The number of amides is 1. The summed E-state index contributed by atoms with van der Waals surface area (Å²) in [4.78, 5) is 13.1. The molecule has 5 nitrogen and oxygen atoms in total. The molecule has 1 atom stereocenters. The topological polar surface area (TPSA) is 66.5 Å². The van der Waals surface area contributed by atoms with Gasteiger partial charge >= 0.3 is 0 Å². The number of para-hydroxylation sites is 1. The number of sulfonamides is 1. The molecular weight excluding hydrogens is 420 g/mol. The van der Waals surface area contributed by atoms with Crippen molar-refractivity contribution in [2.45, 2.75) is 17.9 Å². The number of fused-ring (bicyclic) bond motifs is 1. The van der Waals surface area contributed by atoms with Crippen LogP contribution in [-0.2, 0) is 10.0 Å². The molecule has 0 bridgehead atoms. The zero-order chi connectivity index (χ0) is 22.7. The van der Waals surface area contributed by atoms with Gasteiger partial charge in [0.1, 0.15) is 4.90 Å². The molecule has 0 aliphatic carbocycles. The number of nitrogens with zero attached hydrogens (tertiary/aromatic N) is 1. The second-order valence-corrected chi connectivity index (χ2v) is 9.54. The monoisotopic (exact) mass is 444 g/mol. The molecule has 1 N–H and O–H groups in total. The first-order valence-corrected chi connectivity index (χ1v) is 11.7. The highest BCUT2D eigenvalue weighted by molar-refractivity contribution is 7.92. The fraction of sp³-hybridized carbons (Fsp3) is 0.115. The van der Waals surface area contributed by atoms with Crippen LogP contribution >= 0.6 is 0 Å². The number of anilines is 1. The average Bonchev–Trinajstić information content (AvgIpc) is 2.83. The van der Waals surface area contributed by atoms with E-state index in [2.05, 4.69) is 5.32 Å². The summed E-state index contributed by atoms with van der Waals surface area (Å²) in [5.41, 5.74) is 1.58. The van der Waals surface area contributed by atoms with Crippen molar-refractivity contribution in [1.82, 2.24) is 5.32 Å². The Labute approximate surface area is 188 Å². The molecule has 0 saturated heterocycles. The quantitative estimate of drug-likeness (QED) is 0.447. The summed E-state index contributed by atoms with van der Waals surface area (Å²) in [5, 5.41) is 5.15. The SMILES string of the molecule is CC(NC(=O)c1ccccc1S(=O)(=O)N(C)c1ccccc1)c1ccc2ccccc2c1. The van der Waals surface area contributed by atoms with E-state index < -0.39 is 15.9 Å². The zero-order valence-corrected chi connectivity index (χ0v) is 18.7. The minimum Gasteiger partial charge on any atom is -0.345 e. The van der Waals surface area contributed by atoms with E-state index in [1.807, 2.05) is 55.5 Å². The van der Waals surface area contributed by atoms with E-state index in [1.54, 1.807) is 36.4 Å². The predicted octanol–water partition coefficient (Wildman–Crippen LogP) is 5.16. The lowest BCUT2D eigenvalue weighted by Gasteiger charge is -2.22. The maximum absolute atomic E-state index is 13.3. The number of hydrogen-bond acceptors (Lipinski definition) is 3. The van der Waals surface area contributed by atoms with Crippen LogP contribution < -0.4 is 9.62 Å².